The fourth-order valence-electron chi connectivity index (χ4n) is 3.93. The van der Waals surface area contributed by atoms with E-state index in [9.17, 15) is 4.79 Å². The third-order valence-corrected chi connectivity index (χ3v) is 5.28. The largest absolute Gasteiger partial charge is 0.310 e. The van der Waals surface area contributed by atoms with E-state index in [4.69, 9.17) is 5.21 Å². The van der Waals surface area contributed by atoms with Gasteiger partial charge in [0.2, 0.25) is 0 Å². The first-order valence-electron chi connectivity index (χ1n) is 9.45. The lowest BCUT2D eigenvalue weighted by Gasteiger charge is -2.29. The fourth-order valence-corrected chi connectivity index (χ4v) is 3.93. The molecule has 4 heteroatoms. The lowest BCUT2D eigenvalue weighted by Crippen LogP contribution is -2.29. The third-order valence-electron chi connectivity index (χ3n) is 5.28. The summed E-state index contributed by atoms with van der Waals surface area (Å²) >= 11 is 0. The molecule has 25 heavy (non-hydrogen) atoms. The Morgan fingerprint density at radius 3 is 2.64 bits per heavy atom. The van der Waals surface area contributed by atoms with Crippen molar-refractivity contribution in [2.75, 3.05) is 0 Å². The molecule has 138 valence electrons. The monoisotopic (exact) mass is 344 g/mol. The summed E-state index contributed by atoms with van der Waals surface area (Å²) in [6.07, 6.45) is 7.33. The molecule has 3 unspecified atom stereocenters. The highest BCUT2D eigenvalue weighted by atomic mass is 16.5. The van der Waals surface area contributed by atoms with Crippen molar-refractivity contribution in [1.82, 2.24) is 10.8 Å². The summed E-state index contributed by atoms with van der Waals surface area (Å²) < 4.78 is 0. The smallest absolute Gasteiger partial charge is 0.274 e. The summed E-state index contributed by atoms with van der Waals surface area (Å²) in [6.45, 7) is 9.57. The van der Waals surface area contributed by atoms with Crippen molar-refractivity contribution in [2.45, 2.75) is 65.0 Å². The van der Waals surface area contributed by atoms with E-state index in [1.807, 2.05) is 12.1 Å². The average Bonchev–Trinajstić information content (AvgIpc) is 2.61. The van der Waals surface area contributed by atoms with Crippen molar-refractivity contribution in [3.63, 3.8) is 0 Å². The van der Waals surface area contributed by atoms with Gasteiger partial charge in [0, 0.05) is 18.2 Å². The first kappa shape index (κ1) is 19.7. The number of nitrogens with one attached hydrogen (secondary N) is 2. The second-order valence-corrected chi connectivity index (χ2v) is 7.57. The van der Waals surface area contributed by atoms with Crippen LogP contribution in [0, 0.1) is 11.8 Å². The van der Waals surface area contributed by atoms with Crippen LogP contribution in [0.5, 0.6) is 0 Å². The number of carbonyl (C=O) groups excluding carboxylic acids is 1. The van der Waals surface area contributed by atoms with Crippen LogP contribution in [0.1, 0.15) is 68.3 Å². The van der Waals surface area contributed by atoms with Crippen LogP contribution in [0.3, 0.4) is 0 Å². The van der Waals surface area contributed by atoms with Crippen LogP contribution in [-0.2, 0) is 6.54 Å². The van der Waals surface area contributed by atoms with Crippen molar-refractivity contribution in [1.29, 1.82) is 0 Å². The standard InChI is InChI=1S/C21H32N2O2/c1-4-20(10-7-18-12-15(2)11-16(3)13-18)22-14-17-5-8-19(9-6-17)21(24)23-25/h5-6,8-9,16,18,20,22,25H,2,4,7,10-14H2,1,3H3,(H,23,24). The Hall–Kier alpha value is -1.65. The highest BCUT2D eigenvalue weighted by molar-refractivity contribution is 5.93. The molecule has 1 aliphatic rings. The molecule has 1 aromatic rings. The Bertz CT molecular complexity index is 568. The summed E-state index contributed by atoms with van der Waals surface area (Å²) in [7, 11) is 0. The van der Waals surface area contributed by atoms with Crippen LogP contribution in [0.2, 0.25) is 0 Å². The minimum Gasteiger partial charge on any atom is -0.310 e. The fraction of sp³-hybridized carbons (Fsp3) is 0.571. The van der Waals surface area contributed by atoms with E-state index < -0.39 is 5.91 Å². The van der Waals surface area contributed by atoms with Gasteiger partial charge in [-0.25, -0.2) is 5.48 Å². The number of hydrogen-bond donors (Lipinski definition) is 3. The Balaban J connectivity index is 1.77. The van der Waals surface area contributed by atoms with E-state index in [0.29, 0.717) is 11.6 Å². The number of hydroxylamine groups is 1. The maximum atomic E-state index is 11.3. The molecule has 0 radical (unpaired) electrons. The van der Waals surface area contributed by atoms with Gasteiger partial charge in [0.15, 0.2) is 0 Å². The first-order chi connectivity index (χ1) is 12.0. The molecule has 1 amide bonds. The van der Waals surface area contributed by atoms with Gasteiger partial charge in [-0.1, -0.05) is 38.1 Å². The normalized spacial score (nSPS) is 21.8. The van der Waals surface area contributed by atoms with E-state index in [1.165, 1.54) is 37.7 Å². The maximum Gasteiger partial charge on any atom is 0.274 e. The van der Waals surface area contributed by atoms with Gasteiger partial charge in [0.1, 0.15) is 0 Å². The topological polar surface area (TPSA) is 61.4 Å². The van der Waals surface area contributed by atoms with Crippen LogP contribution in [0.15, 0.2) is 36.4 Å². The molecule has 1 aliphatic carbocycles. The molecule has 2 rings (SSSR count). The maximum absolute atomic E-state index is 11.3. The van der Waals surface area contributed by atoms with Crippen molar-refractivity contribution >= 4 is 5.91 Å². The summed E-state index contributed by atoms with van der Waals surface area (Å²) in [5, 5.41) is 12.3. The van der Waals surface area contributed by atoms with Crippen molar-refractivity contribution in [3.8, 4) is 0 Å². The zero-order valence-electron chi connectivity index (χ0n) is 15.6. The summed E-state index contributed by atoms with van der Waals surface area (Å²) in [5.41, 5.74) is 4.69. The molecule has 3 N–H and O–H groups in total. The van der Waals surface area contributed by atoms with Crippen molar-refractivity contribution in [3.05, 3.63) is 47.5 Å². The van der Waals surface area contributed by atoms with Crippen LogP contribution >= 0.6 is 0 Å². The molecule has 0 saturated heterocycles. The average molecular weight is 344 g/mol. The summed E-state index contributed by atoms with van der Waals surface area (Å²) in [4.78, 5) is 11.3. The first-order valence-corrected chi connectivity index (χ1v) is 9.45. The van der Waals surface area contributed by atoms with E-state index in [1.54, 1.807) is 17.6 Å². The SMILES string of the molecule is C=C1CC(C)CC(CCC(CC)NCc2ccc(C(=O)NO)cc2)C1. The number of carbonyl (C=O) groups is 1. The van der Waals surface area contributed by atoms with Gasteiger partial charge >= 0.3 is 0 Å². The van der Waals surface area contributed by atoms with Gasteiger partial charge in [0.25, 0.3) is 5.91 Å². The highest BCUT2D eigenvalue weighted by Crippen LogP contribution is 2.34. The Kier molecular flexibility index (Phi) is 7.66. The van der Waals surface area contributed by atoms with E-state index in [2.05, 4.69) is 25.7 Å². The molecule has 0 aromatic heterocycles. The molecular formula is C21H32N2O2. The van der Waals surface area contributed by atoms with Gasteiger partial charge in [-0.2, -0.15) is 0 Å². The molecule has 1 aromatic carbocycles. The number of benzene rings is 1. The van der Waals surface area contributed by atoms with Gasteiger partial charge < -0.3 is 5.32 Å². The summed E-state index contributed by atoms with van der Waals surface area (Å²) in [6, 6.07) is 7.84. The zero-order valence-corrected chi connectivity index (χ0v) is 15.6. The summed E-state index contributed by atoms with van der Waals surface area (Å²) in [5.74, 6) is 1.10. The van der Waals surface area contributed by atoms with E-state index in [-0.39, 0.29) is 0 Å². The van der Waals surface area contributed by atoms with Gasteiger partial charge in [0.05, 0.1) is 0 Å². The van der Waals surface area contributed by atoms with Crippen LogP contribution < -0.4 is 10.8 Å². The molecule has 0 aliphatic heterocycles. The molecule has 1 fully saturated rings. The number of amides is 1. The Morgan fingerprint density at radius 2 is 2.04 bits per heavy atom. The van der Waals surface area contributed by atoms with Crippen LogP contribution in [0.4, 0.5) is 0 Å². The molecule has 0 spiro atoms. The lowest BCUT2D eigenvalue weighted by atomic mass is 9.77. The highest BCUT2D eigenvalue weighted by Gasteiger charge is 2.21. The minimum absolute atomic E-state index is 0.463. The van der Waals surface area contributed by atoms with E-state index in [0.717, 1.165) is 30.4 Å². The van der Waals surface area contributed by atoms with Crippen molar-refractivity contribution < 1.29 is 10.0 Å². The quantitative estimate of drug-likeness (QED) is 0.371. The molecule has 1 saturated carbocycles. The van der Waals surface area contributed by atoms with Crippen LogP contribution in [-0.4, -0.2) is 17.2 Å². The van der Waals surface area contributed by atoms with Gasteiger partial charge in [-0.05, 0) is 68.1 Å². The number of rotatable bonds is 8. The van der Waals surface area contributed by atoms with Crippen molar-refractivity contribution in [2.24, 2.45) is 11.8 Å². The van der Waals surface area contributed by atoms with Crippen LogP contribution in [0.25, 0.3) is 0 Å². The van der Waals surface area contributed by atoms with E-state index >= 15 is 0 Å². The molecule has 0 bridgehead atoms. The predicted octanol–water partition coefficient (Wildman–Crippen LogP) is 4.45. The molecule has 0 heterocycles. The second kappa shape index (κ2) is 9.73. The lowest BCUT2D eigenvalue weighted by molar-refractivity contribution is 0.0706. The Morgan fingerprint density at radius 1 is 1.32 bits per heavy atom. The second-order valence-electron chi connectivity index (χ2n) is 7.57. The third kappa shape index (κ3) is 6.29. The zero-order chi connectivity index (χ0) is 18.2. The predicted molar refractivity (Wildman–Crippen MR) is 101 cm³/mol. The minimum atomic E-state index is -0.478. The number of allylic oxidation sites excluding steroid dienone is 1. The van der Waals surface area contributed by atoms with Gasteiger partial charge in [-0.15, -0.1) is 0 Å². The van der Waals surface area contributed by atoms with Gasteiger partial charge in [-0.3, -0.25) is 10.0 Å². The molecule has 4 nitrogen and oxygen atoms in total. The Labute approximate surface area is 151 Å². The molecule has 3 atom stereocenters. The number of hydrogen-bond acceptors (Lipinski definition) is 3. The molecular weight excluding hydrogens is 312 g/mol.